The van der Waals surface area contributed by atoms with E-state index in [1.54, 1.807) is 0 Å². The summed E-state index contributed by atoms with van der Waals surface area (Å²) in [6, 6.07) is 36.2. The average molecular weight is 441 g/mol. The minimum atomic E-state index is 1.30. The molecule has 148 valence electrons. The van der Waals surface area contributed by atoms with E-state index in [4.69, 9.17) is 0 Å². The van der Waals surface area contributed by atoms with Crippen molar-refractivity contribution in [2.45, 2.75) is 0 Å². The molecule has 2 aromatic heterocycles. The Labute approximate surface area is 191 Å². The maximum atomic E-state index is 2.41. The Morgan fingerprint density at radius 1 is 0.375 bits per heavy atom. The van der Waals surface area contributed by atoms with Gasteiger partial charge in [0.1, 0.15) is 0 Å². The van der Waals surface area contributed by atoms with Gasteiger partial charge < -0.3 is 0 Å². The number of hydrogen-bond acceptors (Lipinski definition) is 2. The van der Waals surface area contributed by atoms with Gasteiger partial charge in [0.25, 0.3) is 0 Å². The molecule has 2 heteroatoms. The summed E-state index contributed by atoms with van der Waals surface area (Å²) in [4.78, 5) is 0. The smallest absolute Gasteiger partial charge is 0.0890 e. The van der Waals surface area contributed by atoms with Crippen molar-refractivity contribution in [2.24, 2.45) is 0 Å². The van der Waals surface area contributed by atoms with Gasteiger partial charge in [-0.15, -0.1) is 22.7 Å². The van der Waals surface area contributed by atoms with Crippen molar-refractivity contribution in [3.05, 3.63) is 97.1 Å². The van der Waals surface area contributed by atoms with Crippen LogP contribution in [0.15, 0.2) is 97.1 Å². The summed E-state index contributed by atoms with van der Waals surface area (Å²) in [5.74, 6) is 0. The molecular weight excluding hydrogens is 424 g/mol. The number of thiophene rings is 2. The molecule has 0 bridgehead atoms. The first kappa shape index (κ1) is 17.1. The van der Waals surface area contributed by atoms with Crippen molar-refractivity contribution in [1.29, 1.82) is 0 Å². The molecule has 6 aromatic carbocycles. The average Bonchev–Trinajstić information content (AvgIpc) is 3.33. The molecule has 32 heavy (non-hydrogen) atoms. The molecule has 0 nitrogen and oxygen atoms in total. The molecule has 0 aliphatic rings. The quantitative estimate of drug-likeness (QED) is 0.206. The second-order valence-electron chi connectivity index (χ2n) is 8.66. The Bertz CT molecular complexity index is 1890. The number of benzene rings is 6. The van der Waals surface area contributed by atoms with E-state index in [0.717, 1.165) is 0 Å². The first-order valence-electron chi connectivity index (χ1n) is 10.8. The summed E-state index contributed by atoms with van der Waals surface area (Å²) in [5.41, 5.74) is 0. The van der Waals surface area contributed by atoms with Crippen LogP contribution in [0, 0.1) is 0 Å². The fraction of sp³-hybridized carbons (Fsp3) is 0. The van der Waals surface area contributed by atoms with Crippen molar-refractivity contribution in [1.82, 2.24) is 0 Å². The Morgan fingerprint density at radius 2 is 0.750 bits per heavy atom. The molecule has 0 atom stereocenters. The largest absolute Gasteiger partial charge is 0.124 e. The molecule has 0 N–H and O–H groups in total. The van der Waals surface area contributed by atoms with Gasteiger partial charge in [-0.2, -0.15) is 0 Å². The van der Waals surface area contributed by atoms with Crippen molar-refractivity contribution in [3.63, 3.8) is 0 Å². The minimum Gasteiger partial charge on any atom is -0.124 e. The van der Waals surface area contributed by atoms with Gasteiger partial charge in [0.05, 0.1) is 4.01 Å². The van der Waals surface area contributed by atoms with Crippen molar-refractivity contribution < 1.29 is 0 Å². The Hall–Kier alpha value is -3.46. The number of hydrogen-bond donors (Lipinski definition) is 0. The lowest BCUT2D eigenvalue weighted by Gasteiger charge is -2.04. The molecular formula is C30H16S2. The minimum absolute atomic E-state index is 1.30. The molecule has 0 aliphatic heterocycles. The monoisotopic (exact) mass is 440 g/mol. The zero-order chi connectivity index (χ0) is 20.8. The van der Waals surface area contributed by atoms with Gasteiger partial charge in [0.2, 0.25) is 0 Å². The number of fused-ring (bicyclic) bond motifs is 9. The van der Waals surface area contributed by atoms with Crippen LogP contribution in [0.5, 0.6) is 0 Å². The second-order valence-corrected chi connectivity index (χ2v) is 11.0. The molecule has 0 aliphatic carbocycles. The van der Waals surface area contributed by atoms with Gasteiger partial charge in [-0.3, -0.25) is 0 Å². The summed E-state index contributed by atoms with van der Waals surface area (Å²) < 4.78 is 4.19. The third-order valence-corrected chi connectivity index (χ3v) is 9.15. The van der Waals surface area contributed by atoms with Gasteiger partial charge in [-0.1, -0.05) is 48.5 Å². The van der Waals surface area contributed by atoms with Crippen molar-refractivity contribution >= 4 is 95.3 Å². The first-order valence-corrected chi connectivity index (χ1v) is 12.5. The van der Waals surface area contributed by atoms with Crippen molar-refractivity contribution in [2.75, 3.05) is 0 Å². The second kappa shape index (κ2) is 6.07. The van der Waals surface area contributed by atoms with Crippen LogP contribution in [0.2, 0.25) is 0 Å². The van der Waals surface area contributed by atoms with Gasteiger partial charge in [0.15, 0.2) is 0 Å². The van der Waals surface area contributed by atoms with Crippen LogP contribution in [0.4, 0.5) is 0 Å². The van der Waals surface area contributed by atoms with Gasteiger partial charge in [0, 0.05) is 25.6 Å². The van der Waals surface area contributed by atoms with E-state index in [2.05, 4.69) is 97.1 Å². The van der Waals surface area contributed by atoms with Gasteiger partial charge in [-0.25, -0.2) is 0 Å². The maximum absolute atomic E-state index is 2.41. The SMILES string of the molecule is c1ccc2cc3cc4c(cc3cc2c1)sc1sc2cc3cc5ccccc5cc3cc2c14. The Balaban J connectivity index is 1.48. The molecule has 8 aromatic rings. The summed E-state index contributed by atoms with van der Waals surface area (Å²) in [5, 5.41) is 14.7. The molecule has 0 saturated carbocycles. The number of rotatable bonds is 0. The highest BCUT2D eigenvalue weighted by Crippen LogP contribution is 2.46. The Morgan fingerprint density at radius 3 is 1.16 bits per heavy atom. The molecule has 0 radical (unpaired) electrons. The maximum Gasteiger partial charge on any atom is 0.0890 e. The van der Waals surface area contributed by atoms with E-state index < -0.39 is 0 Å². The predicted molar refractivity (Wildman–Crippen MR) is 145 cm³/mol. The van der Waals surface area contributed by atoms with Crippen LogP contribution in [-0.2, 0) is 0 Å². The lowest BCUT2D eigenvalue weighted by Crippen LogP contribution is -1.78. The fourth-order valence-electron chi connectivity index (χ4n) is 5.19. The van der Waals surface area contributed by atoms with Gasteiger partial charge in [-0.05, 0) is 91.6 Å². The topological polar surface area (TPSA) is 0 Å². The zero-order valence-corrected chi connectivity index (χ0v) is 18.7. The van der Waals surface area contributed by atoms with Crippen LogP contribution >= 0.6 is 22.7 Å². The predicted octanol–water partition coefficient (Wildman–Crippen LogP) is 9.88. The third-order valence-electron chi connectivity index (χ3n) is 6.75. The van der Waals surface area contributed by atoms with Crippen LogP contribution in [0.25, 0.3) is 72.7 Å². The normalized spacial score (nSPS) is 12.4. The summed E-state index contributed by atoms with van der Waals surface area (Å²) in [6.07, 6.45) is 0. The zero-order valence-electron chi connectivity index (χ0n) is 17.1. The highest BCUT2D eigenvalue weighted by molar-refractivity contribution is 7.44. The van der Waals surface area contributed by atoms with E-state index in [9.17, 15) is 0 Å². The Kier molecular flexibility index (Phi) is 3.25. The highest BCUT2D eigenvalue weighted by Gasteiger charge is 2.14. The summed E-state index contributed by atoms with van der Waals surface area (Å²) >= 11 is 3.87. The van der Waals surface area contributed by atoms with Crippen LogP contribution in [0.3, 0.4) is 0 Å². The van der Waals surface area contributed by atoms with Crippen molar-refractivity contribution in [3.8, 4) is 0 Å². The summed E-state index contributed by atoms with van der Waals surface area (Å²) in [6.45, 7) is 0. The molecule has 2 heterocycles. The lowest BCUT2D eigenvalue weighted by molar-refractivity contribution is 1.80. The van der Waals surface area contributed by atoms with Crippen LogP contribution in [-0.4, -0.2) is 0 Å². The summed E-state index contributed by atoms with van der Waals surface area (Å²) in [7, 11) is 0. The third kappa shape index (κ3) is 2.31. The molecule has 0 fully saturated rings. The van der Waals surface area contributed by atoms with E-state index >= 15 is 0 Å². The standard InChI is InChI=1S/C30H16S2/c1-3-7-19-11-23-15-27-25(13-21(23)9-17(19)5-1)29-26-14-22-10-18-6-2-4-8-20(18)12-24(22)16-28(26)32-30(29)31-27/h1-16H. The molecule has 0 amide bonds. The van der Waals surface area contributed by atoms with E-state index in [1.807, 2.05) is 22.7 Å². The lowest BCUT2D eigenvalue weighted by atomic mass is 10.00. The molecule has 0 saturated heterocycles. The van der Waals surface area contributed by atoms with E-state index in [0.29, 0.717) is 0 Å². The van der Waals surface area contributed by atoms with Gasteiger partial charge >= 0.3 is 0 Å². The van der Waals surface area contributed by atoms with E-state index in [1.165, 1.54) is 72.7 Å². The highest BCUT2D eigenvalue weighted by atomic mass is 32.2. The fourth-order valence-corrected chi connectivity index (χ4v) is 7.85. The first-order chi connectivity index (χ1) is 15.8. The van der Waals surface area contributed by atoms with Crippen LogP contribution in [0.1, 0.15) is 0 Å². The molecule has 0 unspecified atom stereocenters. The van der Waals surface area contributed by atoms with Crippen LogP contribution < -0.4 is 0 Å². The van der Waals surface area contributed by atoms with E-state index in [-0.39, 0.29) is 0 Å². The molecule has 8 rings (SSSR count). The molecule has 0 spiro atoms.